The summed E-state index contributed by atoms with van der Waals surface area (Å²) in [4.78, 5) is 0. The SMILES string of the molecule is CC1=C(C)C(C)(C)C=C1C1=CC=CC1. The molecule has 2 aliphatic rings. The molecule has 0 saturated heterocycles. The molecule has 2 rings (SSSR count). The molecular formula is C14H18. The van der Waals surface area contributed by atoms with Gasteiger partial charge in [-0.15, -0.1) is 0 Å². The molecule has 0 nitrogen and oxygen atoms in total. The van der Waals surface area contributed by atoms with E-state index in [4.69, 9.17) is 0 Å². The van der Waals surface area contributed by atoms with Crippen LogP contribution >= 0.6 is 0 Å². The van der Waals surface area contributed by atoms with Crippen molar-refractivity contribution in [3.63, 3.8) is 0 Å². The van der Waals surface area contributed by atoms with Crippen molar-refractivity contribution in [3.8, 4) is 0 Å². The summed E-state index contributed by atoms with van der Waals surface area (Å²) in [6.07, 6.45) is 10.1. The van der Waals surface area contributed by atoms with E-state index in [1.807, 2.05) is 0 Å². The molecule has 0 aromatic rings. The van der Waals surface area contributed by atoms with Crippen molar-refractivity contribution in [1.82, 2.24) is 0 Å². The first-order valence-electron chi connectivity index (χ1n) is 5.29. The summed E-state index contributed by atoms with van der Waals surface area (Å²) in [6, 6.07) is 0. The second-order valence-corrected chi connectivity index (χ2v) is 4.85. The molecule has 0 saturated carbocycles. The first-order chi connectivity index (χ1) is 6.52. The van der Waals surface area contributed by atoms with E-state index in [0.717, 1.165) is 6.42 Å². The normalized spacial score (nSPS) is 24.3. The molecule has 14 heavy (non-hydrogen) atoms. The zero-order valence-electron chi connectivity index (χ0n) is 9.52. The van der Waals surface area contributed by atoms with E-state index in [9.17, 15) is 0 Å². The maximum atomic E-state index is 2.41. The van der Waals surface area contributed by atoms with Crippen molar-refractivity contribution >= 4 is 0 Å². The predicted molar refractivity (Wildman–Crippen MR) is 62.1 cm³/mol. The first kappa shape index (κ1) is 9.51. The molecule has 0 amide bonds. The van der Waals surface area contributed by atoms with Crippen LogP contribution in [0.15, 0.2) is 46.6 Å². The molecule has 74 valence electrons. The lowest BCUT2D eigenvalue weighted by Gasteiger charge is -2.17. The largest absolute Gasteiger partial charge is 0.0801 e. The van der Waals surface area contributed by atoms with Gasteiger partial charge in [0, 0.05) is 5.41 Å². The molecule has 0 bridgehead atoms. The Morgan fingerprint density at radius 1 is 1.21 bits per heavy atom. The molecule has 0 aromatic carbocycles. The van der Waals surface area contributed by atoms with Crippen LogP contribution in [-0.2, 0) is 0 Å². The van der Waals surface area contributed by atoms with E-state index in [1.54, 1.807) is 0 Å². The molecule has 0 N–H and O–H groups in total. The fourth-order valence-electron chi connectivity index (χ4n) is 2.24. The number of hydrogen-bond acceptors (Lipinski definition) is 0. The third-order valence-corrected chi connectivity index (χ3v) is 3.56. The Kier molecular flexibility index (Phi) is 2.02. The topological polar surface area (TPSA) is 0 Å². The van der Waals surface area contributed by atoms with Crippen LogP contribution in [0.2, 0.25) is 0 Å². The van der Waals surface area contributed by atoms with E-state index in [1.165, 1.54) is 22.3 Å². The van der Waals surface area contributed by atoms with Gasteiger partial charge in [-0.2, -0.15) is 0 Å². The number of rotatable bonds is 1. The van der Waals surface area contributed by atoms with E-state index < -0.39 is 0 Å². The molecule has 0 aromatic heterocycles. The van der Waals surface area contributed by atoms with Gasteiger partial charge < -0.3 is 0 Å². The minimum atomic E-state index is 0.253. The summed E-state index contributed by atoms with van der Waals surface area (Å²) < 4.78 is 0. The van der Waals surface area contributed by atoms with E-state index in [-0.39, 0.29) is 5.41 Å². The Hall–Kier alpha value is -1.04. The van der Waals surface area contributed by atoms with E-state index >= 15 is 0 Å². The first-order valence-corrected chi connectivity index (χ1v) is 5.29. The van der Waals surface area contributed by atoms with Crippen molar-refractivity contribution < 1.29 is 0 Å². The highest BCUT2D eigenvalue weighted by molar-refractivity contribution is 5.57. The summed E-state index contributed by atoms with van der Waals surface area (Å²) in [7, 11) is 0. The van der Waals surface area contributed by atoms with Crippen LogP contribution in [-0.4, -0.2) is 0 Å². The van der Waals surface area contributed by atoms with Crippen molar-refractivity contribution in [2.24, 2.45) is 5.41 Å². The second-order valence-electron chi connectivity index (χ2n) is 4.85. The maximum Gasteiger partial charge on any atom is 0.00465 e. The monoisotopic (exact) mass is 186 g/mol. The number of allylic oxidation sites excluding steroid dienone is 8. The Morgan fingerprint density at radius 3 is 2.36 bits per heavy atom. The average Bonchev–Trinajstić information content (AvgIpc) is 2.69. The Balaban J connectivity index is 2.40. The molecule has 0 unspecified atom stereocenters. The highest BCUT2D eigenvalue weighted by Crippen LogP contribution is 2.43. The van der Waals surface area contributed by atoms with Crippen molar-refractivity contribution in [2.45, 2.75) is 34.1 Å². The maximum absolute atomic E-state index is 2.41. The molecule has 0 spiro atoms. The highest BCUT2D eigenvalue weighted by Gasteiger charge is 2.28. The molecular weight excluding hydrogens is 168 g/mol. The Morgan fingerprint density at radius 2 is 1.93 bits per heavy atom. The van der Waals surface area contributed by atoms with E-state index in [0.29, 0.717) is 0 Å². The summed E-state index contributed by atoms with van der Waals surface area (Å²) >= 11 is 0. The summed E-state index contributed by atoms with van der Waals surface area (Å²) in [6.45, 7) is 9.08. The second kappa shape index (κ2) is 2.98. The summed E-state index contributed by atoms with van der Waals surface area (Å²) in [5.41, 5.74) is 6.19. The number of hydrogen-bond donors (Lipinski definition) is 0. The minimum Gasteiger partial charge on any atom is -0.0801 e. The van der Waals surface area contributed by atoms with Crippen LogP contribution in [0.4, 0.5) is 0 Å². The molecule has 0 heterocycles. The third kappa shape index (κ3) is 1.30. The van der Waals surface area contributed by atoms with Gasteiger partial charge in [0.2, 0.25) is 0 Å². The minimum absolute atomic E-state index is 0.253. The Bertz CT molecular complexity index is 384. The molecule has 0 heteroatoms. The third-order valence-electron chi connectivity index (χ3n) is 3.56. The summed E-state index contributed by atoms with van der Waals surface area (Å²) in [5.74, 6) is 0. The molecule has 0 fully saturated rings. The van der Waals surface area contributed by atoms with Crippen LogP contribution in [0.1, 0.15) is 34.1 Å². The van der Waals surface area contributed by atoms with Gasteiger partial charge in [0.05, 0.1) is 0 Å². The lowest BCUT2D eigenvalue weighted by atomic mass is 9.88. The standard InChI is InChI=1S/C14H18/c1-10-11(2)14(3,4)9-13(10)12-7-5-6-8-12/h5-7,9H,8H2,1-4H3. The van der Waals surface area contributed by atoms with Gasteiger partial charge in [0.1, 0.15) is 0 Å². The van der Waals surface area contributed by atoms with Crippen molar-refractivity contribution in [3.05, 3.63) is 46.6 Å². The average molecular weight is 186 g/mol. The molecule has 0 aliphatic heterocycles. The van der Waals surface area contributed by atoms with Gasteiger partial charge >= 0.3 is 0 Å². The zero-order valence-corrected chi connectivity index (χ0v) is 9.52. The van der Waals surface area contributed by atoms with Crippen LogP contribution in [0, 0.1) is 5.41 Å². The van der Waals surface area contributed by atoms with Crippen molar-refractivity contribution in [1.29, 1.82) is 0 Å². The zero-order chi connectivity index (χ0) is 10.3. The van der Waals surface area contributed by atoms with Gasteiger partial charge in [-0.05, 0) is 37.0 Å². The van der Waals surface area contributed by atoms with Gasteiger partial charge in [-0.1, -0.05) is 43.7 Å². The van der Waals surface area contributed by atoms with Crippen LogP contribution in [0.5, 0.6) is 0 Å². The van der Waals surface area contributed by atoms with Gasteiger partial charge in [-0.25, -0.2) is 0 Å². The van der Waals surface area contributed by atoms with Gasteiger partial charge in [0.25, 0.3) is 0 Å². The quantitative estimate of drug-likeness (QED) is 0.576. The lowest BCUT2D eigenvalue weighted by molar-refractivity contribution is 0.588. The fourth-order valence-corrected chi connectivity index (χ4v) is 2.24. The molecule has 0 atom stereocenters. The fraction of sp³-hybridized carbons (Fsp3) is 0.429. The summed E-state index contributed by atoms with van der Waals surface area (Å²) in [5, 5.41) is 0. The lowest BCUT2D eigenvalue weighted by Crippen LogP contribution is -2.05. The molecule has 0 radical (unpaired) electrons. The smallest absolute Gasteiger partial charge is 0.00465 e. The van der Waals surface area contributed by atoms with E-state index in [2.05, 4.69) is 52.0 Å². The predicted octanol–water partition coefficient (Wildman–Crippen LogP) is 4.18. The molecule has 2 aliphatic carbocycles. The van der Waals surface area contributed by atoms with Crippen molar-refractivity contribution in [2.75, 3.05) is 0 Å². The van der Waals surface area contributed by atoms with Crippen LogP contribution in [0.25, 0.3) is 0 Å². The van der Waals surface area contributed by atoms with Crippen LogP contribution < -0.4 is 0 Å². The highest BCUT2D eigenvalue weighted by atomic mass is 14.3. The van der Waals surface area contributed by atoms with Gasteiger partial charge in [0.15, 0.2) is 0 Å². The van der Waals surface area contributed by atoms with Crippen LogP contribution in [0.3, 0.4) is 0 Å². The Labute approximate surface area is 86.7 Å². The van der Waals surface area contributed by atoms with Gasteiger partial charge in [-0.3, -0.25) is 0 Å².